The van der Waals surface area contributed by atoms with Gasteiger partial charge in [-0.05, 0) is 78.8 Å². The van der Waals surface area contributed by atoms with Gasteiger partial charge in [0.25, 0.3) is 5.91 Å². The van der Waals surface area contributed by atoms with Crippen LogP contribution in [0.4, 0.5) is 13.2 Å². The molecule has 0 bridgehead atoms. The van der Waals surface area contributed by atoms with E-state index >= 15 is 0 Å². The molecule has 1 aliphatic carbocycles. The smallest absolute Gasteiger partial charge is 0.349 e. The summed E-state index contributed by atoms with van der Waals surface area (Å²) in [4.78, 5) is 33.4. The number of thioether (sulfide) groups is 1. The van der Waals surface area contributed by atoms with Crippen molar-refractivity contribution in [2.75, 3.05) is 31.9 Å². The number of alkyl halides is 3. The highest BCUT2D eigenvalue weighted by molar-refractivity contribution is 7.99. The molecule has 2 heterocycles. The SMILES string of the molecule is CCCSc1ncccc1C(=O)NC1CCN(CCCCC2(C(=O)NCC(F)(F)F)c3ccccc3-c3ccccc32)CC1. The van der Waals surface area contributed by atoms with Crippen LogP contribution in [0.2, 0.25) is 0 Å². The average molecular weight is 625 g/mol. The van der Waals surface area contributed by atoms with Gasteiger partial charge in [-0.15, -0.1) is 11.8 Å². The first-order chi connectivity index (χ1) is 21.2. The molecule has 2 aliphatic rings. The summed E-state index contributed by atoms with van der Waals surface area (Å²) in [5.74, 6) is 0.226. The van der Waals surface area contributed by atoms with E-state index in [-0.39, 0.29) is 11.9 Å². The second kappa shape index (κ2) is 14.2. The number of unbranched alkanes of at least 4 members (excludes halogenated alkanes) is 1. The number of amides is 2. The number of aromatic nitrogens is 1. The maximum Gasteiger partial charge on any atom is 0.405 e. The number of likely N-dealkylation sites (tertiary alicyclic amines) is 1. The molecule has 2 N–H and O–H groups in total. The molecule has 2 amide bonds. The number of piperidine rings is 1. The Bertz CT molecular complexity index is 1410. The van der Waals surface area contributed by atoms with Crippen LogP contribution in [-0.4, -0.2) is 65.8 Å². The van der Waals surface area contributed by atoms with Gasteiger partial charge in [-0.25, -0.2) is 4.98 Å². The number of fused-ring (bicyclic) bond motifs is 3. The Labute approximate surface area is 261 Å². The zero-order valence-corrected chi connectivity index (χ0v) is 25.8. The van der Waals surface area contributed by atoms with Gasteiger partial charge in [0.05, 0.1) is 5.56 Å². The number of halogens is 3. The lowest BCUT2D eigenvalue weighted by Gasteiger charge is -2.33. The van der Waals surface area contributed by atoms with Gasteiger partial charge in [-0.2, -0.15) is 13.2 Å². The number of benzene rings is 2. The average Bonchev–Trinajstić information content (AvgIpc) is 3.32. The molecule has 1 fully saturated rings. The molecule has 1 saturated heterocycles. The van der Waals surface area contributed by atoms with Crippen molar-refractivity contribution in [2.24, 2.45) is 0 Å². The Morgan fingerprint density at radius 1 is 0.977 bits per heavy atom. The van der Waals surface area contributed by atoms with E-state index in [1.165, 1.54) is 0 Å². The monoisotopic (exact) mass is 624 g/mol. The van der Waals surface area contributed by atoms with Gasteiger partial charge in [0.2, 0.25) is 5.91 Å². The Morgan fingerprint density at radius 2 is 1.64 bits per heavy atom. The molecule has 234 valence electrons. The van der Waals surface area contributed by atoms with Crippen molar-refractivity contribution >= 4 is 23.6 Å². The van der Waals surface area contributed by atoms with Crippen LogP contribution in [0.25, 0.3) is 11.1 Å². The molecule has 0 spiro atoms. The van der Waals surface area contributed by atoms with Gasteiger partial charge < -0.3 is 15.5 Å². The van der Waals surface area contributed by atoms with Gasteiger partial charge in [-0.1, -0.05) is 61.9 Å². The molecule has 0 radical (unpaired) electrons. The summed E-state index contributed by atoms with van der Waals surface area (Å²) in [6.45, 7) is 3.26. The van der Waals surface area contributed by atoms with Gasteiger partial charge in [0.15, 0.2) is 0 Å². The fourth-order valence-corrected chi connectivity index (χ4v) is 7.30. The highest BCUT2D eigenvalue weighted by Crippen LogP contribution is 2.51. The Hall–Kier alpha value is -3.37. The maximum absolute atomic E-state index is 13.7. The third-order valence-corrected chi connectivity index (χ3v) is 9.77. The van der Waals surface area contributed by atoms with E-state index in [2.05, 4.69) is 27.4 Å². The number of carbonyl (C=O) groups is 2. The number of rotatable bonds is 12. The highest BCUT2D eigenvalue weighted by Gasteiger charge is 2.49. The van der Waals surface area contributed by atoms with E-state index in [0.717, 1.165) is 78.4 Å². The summed E-state index contributed by atoms with van der Waals surface area (Å²) in [6, 6.07) is 18.8. The third-order valence-electron chi connectivity index (χ3n) is 8.56. The van der Waals surface area contributed by atoms with E-state index in [4.69, 9.17) is 0 Å². The fourth-order valence-electron chi connectivity index (χ4n) is 6.45. The van der Waals surface area contributed by atoms with Crippen LogP contribution >= 0.6 is 11.8 Å². The van der Waals surface area contributed by atoms with Gasteiger partial charge in [-0.3, -0.25) is 9.59 Å². The molecule has 10 heteroatoms. The van der Waals surface area contributed by atoms with Crippen LogP contribution in [0.15, 0.2) is 71.9 Å². The number of pyridine rings is 1. The largest absolute Gasteiger partial charge is 0.405 e. The van der Waals surface area contributed by atoms with Crippen LogP contribution in [0.5, 0.6) is 0 Å². The molecule has 0 unspecified atom stereocenters. The molecule has 2 aromatic carbocycles. The number of hydrogen-bond donors (Lipinski definition) is 2. The van der Waals surface area contributed by atoms with Crippen molar-refractivity contribution in [2.45, 2.75) is 68.1 Å². The minimum absolute atomic E-state index is 0.0821. The van der Waals surface area contributed by atoms with E-state index in [9.17, 15) is 22.8 Å². The van der Waals surface area contributed by atoms with Crippen molar-refractivity contribution in [1.29, 1.82) is 0 Å². The molecule has 0 atom stereocenters. The first-order valence-electron chi connectivity index (χ1n) is 15.4. The standard InChI is InChI=1S/C34H39F3N4O2S/c1-2-22-44-31-27(12-9-18-38-31)30(42)40-24-15-20-41(21-16-24)19-8-7-17-33(32(43)39-23-34(35,36)37)28-13-5-3-10-25(28)26-11-4-6-14-29(26)33/h3-6,9-14,18,24H,2,7-8,15-17,19-23H2,1H3,(H,39,43)(H,40,42). The number of carbonyl (C=O) groups excluding carboxylic acids is 2. The molecule has 1 aromatic heterocycles. The Kier molecular flexibility index (Phi) is 10.3. The van der Waals surface area contributed by atoms with Gasteiger partial charge in [0, 0.05) is 25.3 Å². The Morgan fingerprint density at radius 3 is 2.27 bits per heavy atom. The maximum atomic E-state index is 13.7. The fraction of sp³-hybridized carbons (Fsp3) is 0.441. The minimum Gasteiger partial charge on any atom is -0.349 e. The zero-order chi connectivity index (χ0) is 31.2. The van der Waals surface area contributed by atoms with Crippen LogP contribution < -0.4 is 10.6 Å². The van der Waals surface area contributed by atoms with Gasteiger partial charge >= 0.3 is 6.18 Å². The van der Waals surface area contributed by atoms with Crippen LogP contribution in [0, 0.1) is 0 Å². The summed E-state index contributed by atoms with van der Waals surface area (Å²) in [7, 11) is 0. The Balaban J connectivity index is 1.18. The van der Waals surface area contributed by atoms with Crippen molar-refractivity contribution < 1.29 is 22.8 Å². The first-order valence-corrected chi connectivity index (χ1v) is 16.4. The summed E-state index contributed by atoms with van der Waals surface area (Å²) in [5.41, 5.74) is 2.78. The second-order valence-corrected chi connectivity index (χ2v) is 12.6. The number of nitrogens with one attached hydrogen (secondary N) is 2. The lowest BCUT2D eigenvalue weighted by Crippen LogP contribution is -2.47. The predicted molar refractivity (Wildman–Crippen MR) is 168 cm³/mol. The molecule has 0 saturated carbocycles. The second-order valence-electron chi connectivity index (χ2n) is 11.5. The molecular weight excluding hydrogens is 585 g/mol. The summed E-state index contributed by atoms with van der Waals surface area (Å²) in [5, 5.41) is 6.17. The number of nitrogens with zero attached hydrogens (tertiary/aromatic N) is 2. The van der Waals surface area contributed by atoms with Crippen LogP contribution in [0.1, 0.15) is 66.9 Å². The first kappa shape index (κ1) is 32.0. The molecule has 3 aromatic rings. The molecule has 6 nitrogen and oxygen atoms in total. The van der Waals surface area contributed by atoms with E-state index < -0.39 is 24.0 Å². The van der Waals surface area contributed by atoms with Crippen molar-refractivity contribution in [3.8, 4) is 11.1 Å². The zero-order valence-electron chi connectivity index (χ0n) is 25.0. The van der Waals surface area contributed by atoms with Crippen LogP contribution in [-0.2, 0) is 10.2 Å². The lowest BCUT2D eigenvalue weighted by atomic mass is 9.73. The van der Waals surface area contributed by atoms with E-state index in [0.29, 0.717) is 18.4 Å². The van der Waals surface area contributed by atoms with Crippen molar-refractivity contribution in [3.05, 3.63) is 83.6 Å². The van der Waals surface area contributed by atoms with Gasteiger partial charge in [0.1, 0.15) is 17.0 Å². The quantitative estimate of drug-likeness (QED) is 0.176. The highest BCUT2D eigenvalue weighted by atomic mass is 32.2. The lowest BCUT2D eigenvalue weighted by molar-refractivity contribution is -0.141. The van der Waals surface area contributed by atoms with Crippen molar-refractivity contribution in [1.82, 2.24) is 20.5 Å². The predicted octanol–water partition coefficient (Wildman–Crippen LogP) is 6.59. The summed E-state index contributed by atoms with van der Waals surface area (Å²) < 4.78 is 39.4. The molecule has 44 heavy (non-hydrogen) atoms. The van der Waals surface area contributed by atoms with E-state index in [1.807, 2.05) is 54.6 Å². The number of hydrogen-bond acceptors (Lipinski definition) is 5. The molecule has 1 aliphatic heterocycles. The summed E-state index contributed by atoms with van der Waals surface area (Å²) >= 11 is 1.60. The minimum atomic E-state index is -4.49. The summed E-state index contributed by atoms with van der Waals surface area (Å²) in [6.07, 6.45) is 1.82. The third kappa shape index (κ3) is 7.12. The molecule has 5 rings (SSSR count). The molecular formula is C34H39F3N4O2S. The topological polar surface area (TPSA) is 74.3 Å². The van der Waals surface area contributed by atoms with E-state index in [1.54, 1.807) is 24.0 Å². The van der Waals surface area contributed by atoms with Crippen molar-refractivity contribution in [3.63, 3.8) is 0 Å². The normalized spacial score (nSPS) is 16.3. The van der Waals surface area contributed by atoms with Crippen LogP contribution in [0.3, 0.4) is 0 Å².